The summed E-state index contributed by atoms with van der Waals surface area (Å²) in [5.74, 6) is -0.223. The highest BCUT2D eigenvalue weighted by Gasteiger charge is 2.50. The van der Waals surface area contributed by atoms with Crippen LogP contribution in [0, 0.1) is 17.8 Å². The van der Waals surface area contributed by atoms with Gasteiger partial charge in [-0.15, -0.1) is 0 Å². The maximum absolute atomic E-state index is 12.4. The minimum absolute atomic E-state index is 0.0248. The second kappa shape index (κ2) is 29.3. The van der Waals surface area contributed by atoms with Gasteiger partial charge in [-0.25, -0.2) is 0 Å². The number of hydrogen-bond donors (Lipinski definition) is 1. The van der Waals surface area contributed by atoms with E-state index in [9.17, 15) is 41.1 Å². The average Bonchev–Trinajstić information content (AvgIpc) is 3.99. The number of β-amino-alcohol motifs (C(OH)–C–C–N with tert-alkyl or cyclic N) is 1. The molecule has 0 radical (unpaired) electrons. The number of likely N-dealkylation sites (N-methyl/N-ethyl adjacent to an activating group) is 3. The van der Waals surface area contributed by atoms with Crippen LogP contribution in [0.2, 0.25) is 0 Å². The number of carbonyl (C=O) groups excluding carboxylic acids is 3. The van der Waals surface area contributed by atoms with Gasteiger partial charge in [-0.05, 0) is 138 Å². The van der Waals surface area contributed by atoms with Gasteiger partial charge in [0.2, 0.25) is 0 Å². The molecule has 4 aliphatic heterocycles. The van der Waals surface area contributed by atoms with Crippen LogP contribution in [-0.4, -0.2) is 218 Å². The third-order valence-corrected chi connectivity index (χ3v) is 16.8. The van der Waals surface area contributed by atoms with Gasteiger partial charge in [0.1, 0.15) is 0 Å². The molecule has 22 heteroatoms. The van der Waals surface area contributed by atoms with Gasteiger partial charge in [0.05, 0.1) is 94.0 Å². The summed E-state index contributed by atoms with van der Waals surface area (Å²) in [6, 6.07) is 1.26. The Balaban J connectivity index is 0.000000203. The molecule has 0 bridgehead atoms. The summed E-state index contributed by atoms with van der Waals surface area (Å²) < 4.78 is 102. The van der Waals surface area contributed by atoms with Crippen LogP contribution >= 0.6 is 0 Å². The summed E-state index contributed by atoms with van der Waals surface area (Å²) in [5.41, 5.74) is -5.42. The number of carbonyl (C=O) groups is 3. The molecule has 0 amide bonds. The average molecular weight is 1060 g/mol. The highest BCUT2D eigenvalue weighted by molar-refractivity contribution is 7.87. The Hall–Kier alpha value is -2.25. The number of esters is 3. The summed E-state index contributed by atoms with van der Waals surface area (Å²) in [7, 11) is 2.13. The molecule has 0 aromatic rings. The van der Waals surface area contributed by atoms with Gasteiger partial charge in [0.25, 0.3) is 0 Å². The largest absolute Gasteiger partial charge is 0.523 e. The first-order valence-electron chi connectivity index (χ1n) is 26.6. The highest BCUT2D eigenvalue weighted by atomic mass is 32.2. The number of nitrogens with zero attached hydrogens (tertiary/aromatic N) is 4. The van der Waals surface area contributed by atoms with Crippen LogP contribution < -0.4 is 0 Å². The molecule has 0 spiro atoms. The van der Waals surface area contributed by atoms with Gasteiger partial charge in [0.15, 0.2) is 0 Å². The predicted molar refractivity (Wildman–Crippen MR) is 260 cm³/mol. The van der Waals surface area contributed by atoms with Crippen molar-refractivity contribution >= 4 is 28.0 Å². The smallest absolute Gasteiger partial charge is 0.466 e. The first kappa shape index (κ1) is 60.6. The van der Waals surface area contributed by atoms with Crippen molar-refractivity contribution < 1.29 is 78.4 Å². The molecule has 418 valence electrons. The number of halogens is 3. The van der Waals surface area contributed by atoms with Gasteiger partial charge in [-0.2, -0.15) is 21.6 Å². The molecule has 4 heterocycles. The van der Waals surface area contributed by atoms with Crippen LogP contribution in [0.5, 0.6) is 0 Å². The normalized spacial score (nSPS) is 33.3. The van der Waals surface area contributed by atoms with Gasteiger partial charge in [-0.3, -0.25) is 38.2 Å². The number of alkyl halides is 3. The number of aliphatic hydroxyl groups is 1. The van der Waals surface area contributed by atoms with E-state index in [0.29, 0.717) is 82.4 Å². The third kappa shape index (κ3) is 18.5. The first-order valence-corrected chi connectivity index (χ1v) is 28.0. The zero-order valence-corrected chi connectivity index (χ0v) is 44.8. The number of hydrogen-bond acceptors (Lipinski definition) is 18. The van der Waals surface area contributed by atoms with Crippen molar-refractivity contribution in [1.29, 1.82) is 0 Å². The van der Waals surface area contributed by atoms with E-state index in [-0.39, 0.29) is 79.6 Å². The van der Waals surface area contributed by atoms with Crippen LogP contribution in [0.25, 0.3) is 0 Å². The van der Waals surface area contributed by atoms with Crippen molar-refractivity contribution in [1.82, 2.24) is 19.6 Å². The number of aliphatic hydroxyl groups excluding tert-OH is 1. The van der Waals surface area contributed by atoms with E-state index >= 15 is 0 Å². The number of rotatable bonds is 19. The molecule has 0 aromatic heterocycles. The van der Waals surface area contributed by atoms with Gasteiger partial charge in [-0.1, -0.05) is 0 Å². The molecule has 0 aromatic carbocycles. The molecule has 7 rings (SSSR count). The molecule has 4 saturated heterocycles. The Morgan fingerprint density at radius 1 is 0.528 bits per heavy atom. The Labute approximate surface area is 426 Å². The van der Waals surface area contributed by atoms with Crippen molar-refractivity contribution in [2.24, 2.45) is 17.8 Å². The summed E-state index contributed by atoms with van der Waals surface area (Å²) in [5, 5.41) is 9.60. The van der Waals surface area contributed by atoms with Crippen LogP contribution in [0.4, 0.5) is 13.2 Å². The quantitative estimate of drug-likeness (QED) is 0.0804. The Morgan fingerprint density at radius 2 is 0.903 bits per heavy atom. The molecule has 6 atom stereocenters. The van der Waals surface area contributed by atoms with Crippen molar-refractivity contribution in [3.8, 4) is 0 Å². The summed E-state index contributed by atoms with van der Waals surface area (Å²) in [6.45, 7) is 12.6. The van der Waals surface area contributed by atoms with E-state index in [0.717, 1.165) is 90.6 Å². The molecule has 72 heavy (non-hydrogen) atoms. The molecule has 7 fully saturated rings. The van der Waals surface area contributed by atoms with Crippen molar-refractivity contribution in [2.75, 3.05) is 101 Å². The van der Waals surface area contributed by atoms with E-state index in [1.807, 2.05) is 20.9 Å². The summed E-state index contributed by atoms with van der Waals surface area (Å²) >= 11 is 0. The maximum atomic E-state index is 12.4. The highest BCUT2D eigenvalue weighted by Crippen LogP contribution is 2.33. The lowest BCUT2D eigenvalue weighted by atomic mass is 9.87. The minimum Gasteiger partial charge on any atom is -0.466 e. The Morgan fingerprint density at radius 3 is 1.26 bits per heavy atom. The van der Waals surface area contributed by atoms with E-state index in [1.165, 1.54) is 6.42 Å². The topological polar surface area (TPSA) is 192 Å². The summed E-state index contributed by atoms with van der Waals surface area (Å²) in [4.78, 5) is 44.1. The fourth-order valence-electron chi connectivity index (χ4n) is 11.1. The van der Waals surface area contributed by atoms with Crippen molar-refractivity contribution in [3.05, 3.63) is 0 Å². The SMILES string of the molecule is CCOC(=O)C1CCC(OC[C@@H]2C[C@@H](O)CN2C)CC1.CCOC(=O)C1CCC(OC[C@@H]2C[C@@H](OS(=O)(=O)C(F)(F)F)CN2C)CC1.CCOC(=O)C1CCC(OC[C@@H]2C[C@H](N3CC(OC)C3)CN2C)CC1. The fraction of sp³-hybridized carbons (Fsp3) is 0.940. The second-order valence-electron chi connectivity index (χ2n) is 20.9. The predicted octanol–water partition coefficient (Wildman–Crippen LogP) is 4.78. The second-order valence-corrected chi connectivity index (χ2v) is 22.5. The van der Waals surface area contributed by atoms with E-state index in [1.54, 1.807) is 26.0 Å². The van der Waals surface area contributed by atoms with E-state index in [4.69, 9.17) is 33.2 Å². The lowest BCUT2D eigenvalue weighted by Gasteiger charge is -2.42. The van der Waals surface area contributed by atoms with Crippen LogP contribution in [0.1, 0.15) is 117 Å². The van der Waals surface area contributed by atoms with Gasteiger partial charge < -0.3 is 38.3 Å². The fourth-order valence-corrected chi connectivity index (χ4v) is 11.7. The van der Waals surface area contributed by atoms with E-state index < -0.39 is 21.7 Å². The van der Waals surface area contributed by atoms with Crippen LogP contribution in [0.3, 0.4) is 0 Å². The molecule has 1 N–H and O–H groups in total. The Kier molecular flexibility index (Phi) is 24.7. The van der Waals surface area contributed by atoms with Gasteiger partial charge >= 0.3 is 33.5 Å². The standard InChI is InChI=1S/C19H34N2O4.C16H26F3NO6S.C15H27NO4/c1-4-24-19(22)14-5-7-17(8-6-14)25-13-16-9-15(10-20(16)2)21-11-18(12-21)23-3;1-3-24-15(21)11-4-6-13(7-5-11)25-10-12-8-14(9-20(12)2)26-27(22,23)16(17,18)19;1-3-19-15(18)11-4-6-14(7-5-11)20-10-12-8-13(17)9-16(12)2/h14-18H,4-13H2,1-3H3;11-14H,3-10H2,1-2H3;11-14,17H,3-10H2,1-2H3/t14?,15-,16-,17?;11?,12-,13?,14+;11?,12-,13+,14?/m000/s1. The minimum atomic E-state index is -5.59. The van der Waals surface area contributed by atoms with Crippen LogP contribution in [-0.2, 0) is 61.8 Å². The first-order chi connectivity index (χ1) is 34.2. The molecule has 0 unspecified atom stereocenters. The number of ether oxygens (including phenoxy) is 7. The lowest BCUT2D eigenvalue weighted by Crippen LogP contribution is -2.56. The van der Waals surface area contributed by atoms with Crippen LogP contribution in [0.15, 0.2) is 0 Å². The number of methoxy groups -OCH3 is 1. The van der Waals surface area contributed by atoms with Crippen molar-refractivity contribution in [3.63, 3.8) is 0 Å². The molecule has 18 nitrogen and oxygen atoms in total. The maximum Gasteiger partial charge on any atom is 0.523 e. The third-order valence-electron chi connectivity index (χ3n) is 15.7. The zero-order chi connectivity index (χ0) is 52.6. The Bertz CT molecular complexity index is 1740. The zero-order valence-electron chi connectivity index (χ0n) is 44.0. The lowest BCUT2D eigenvalue weighted by molar-refractivity contribution is -0.151. The van der Waals surface area contributed by atoms with Crippen molar-refractivity contribution in [2.45, 2.75) is 183 Å². The molecule has 7 aliphatic rings. The number of likely N-dealkylation sites (tertiary alicyclic amines) is 4. The van der Waals surface area contributed by atoms with E-state index in [2.05, 4.69) is 25.9 Å². The monoisotopic (exact) mass is 1060 g/mol. The molecule has 3 saturated carbocycles. The van der Waals surface area contributed by atoms with Gasteiger partial charge in [0, 0.05) is 64.0 Å². The molecular weight excluding hydrogens is 970 g/mol. The molecular formula is C50H87F3N4O14S. The summed E-state index contributed by atoms with van der Waals surface area (Å²) in [6.07, 6.45) is 12.0. The molecule has 3 aliphatic carbocycles.